The van der Waals surface area contributed by atoms with Gasteiger partial charge < -0.3 is 4.74 Å². The summed E-state index contributed by atoms with van der Waals surface area (Å²) in [5.74, 6) is 0. The second-order valence-corrected chi connectivity index (χ2v) is 6.09. The molecule has 0 aromatic heterocycles. The highest BCUT2D eigenvalue weighted by Crippen LogP contribution is 2.18. The van der Waals surface area contributed by atoms with E-state index < -0.39 is 0 Å². The first kappa shape index (κ1) is 14.0. The van der Waals surface area contributed by atoms with Crippen molar-refractivity contribution in [1.29, 1.82) is 0 Å². The van der Waals surface area contributed by atoms with Crippen LogP contribution in [0.5, 0.6) is 0 Å². The van der Waals surface area contributed by atoms with E-state index in [1.165, 1.54) is 32.1 Å². The van der Waals surface area contributed by atoms with Gasteiger partial charge in [0, 0.05) is 0 Å². The Balaban J connectivity index is 0.000000280. The van der Waals surface area contributed by atoms with E-state index in [1.807, 2.05) is 0 Å². The third-order valence-electron chi connectivity index (χ3n) is 1.86. The van der Waals surface area contributed by atoms with E-state index >= 15 is 0 Å². The predicted octanol–water partition coefficient (Wildman–Crippen LogP) is 4.55. The zero-order chi connectivity index (χ0) is 11.2. The van der Waals surface area contributed by atoms with Crippen molar-refractivity contribution < 1.29 is 4.74 Å². The van der Waals surface area contributed by atoms with Gasteiger partial charge in [-0.3, -0.25) is 0 Å². The van der Waals surface area contributed by atoms with Crippen LogP contribution in [0, 0.1) is 0 Å². The van der Waals surface area contributed by atoms with Gasteiger partial charge in [-0.25, -0.2) is 0 Å². The molecule has 14 heavy (non-hydrogen) atoms. The molecule has 0 aromatic rings. The lowest BCUT2D eigenvalue weighted by Gasteiger charge is -2.30. The highest BCUT2D eigenvalue weighted by Gasteiger charge is 2.19. The number of rotatable bonds is 0. The minimum absolute atomic E-state index is 0.0156. The topological polar surface area (TPSA) is 9.23 Å². The molecular weight excluding hydrogens is 172 g/mol. The maximum atomic E-state index is 5.62. The molecule has 1 rings (SSSR count). The summed E-state index contributed by atoms with van der Waals surface area (Å²) in [6, 6.07) is 0. The minimum atomic E-state index is -0.0156. The van der Waals surface area contributed by atoms with Crippen molar-refractivity contribution in [3.05, 3.63) is 0 Å². The largest absolute Gasteiger partial charge is 0.370 e. The summed E-state index contributed by atoms with van der Waals surface area (Å²) in [5.41, 5.74) is -0.0312. The summed E-state index contributed by atoms with van der Waals surface area (Å²) in [6.45, 7) is 12.4. The lowest BCUT2D eigenvalue weighted by Crippen LogP contribution is -2.31. The normalized spacial score (nSPS) is 17.6. The fourth-order valence-corrected chi connectivity index (χ4v) is 1.80. The predicted molar refractivity (Wildman–Crippen MR) is 63.7 cm³/mol. The molecule has 0 atom stereocenters. The van der Waals surface area contributed by atoms with E-state index in [0.717, 1.165) is 0 Å². The molecule has 1 aliphatic rings. The fourth-order valence-electron chi connectivity index (χ4n) is 1.80. The van der Waals surface area contributed by atoms with Gasteiger partial charge in [-0.2, -0.15) is 0 Å². The van der Waals surface area contributed by atoms with E-state index in [2.05, 4.69) is 41.5 Å². The van der Waals surface area contributed by atoms with Gasteiger partial charge in [-0.1, -0.05) is 32.1 Å². The molecule has 0 aliphatic heterocycles. The third-order valence-corrected chi connectivity index (χ3v) is 1.86. The van der Waals surface area contributed by atoms with Crippen LogP contribution in [0.25, 0.3) is 0 Å². The number of hydrogen-bond acceptors (Lipinski definition) is 1. The van der Waals surface area contributed by atoms with Crippen LogP contribution >= 0.6 is 0 Å². The molecule has 1 aliphatic carbocycles. The molecule has 0 N–H and O–H groups in total. The van der Waals surface area contributed by atoms with E-state index in [0.29, 0.717) is 0 Å². The van der Waals surface area contributed by atoms with Crippen LogP contribution in [-0.4, -0.2) is 11.2 Å². The van der Waals surface area contributed by atoms with Crippen molar-refractivity contribution in [1.82, 2.24) is 0 Å². The summed E-state index contributed by atoms with van der Waals surface area (Å²) < 4.78 is 5.62. The second kappa shape index (κ2) is 5.75. The van der Waals surface area contributed by atoms with E-state index in [4.69, 9.17) is 4.74 Å². The Labute approximate surface area is 90.2 Å². The molecule has 0 spiro atoms. The molecule has 1 nitrogen and oxygen atoms in total. The molecule has 86 valence electrons. The van der Waals surface area contributed by atoms with E-state index in [-0.39, 0.29) is 11.2 Å². The van der Waals surface area contributed by atoms with Crippen molar-refractivity contribution >= 4 is 0 Å². The maximum Gasteiger partial charge on any atom is 0.0605 e. The molecule has 0 bridgehead atoms. The van der Waals surface area contributed by atoms with E-state index in [1.54, 1.807) is 0 Å². The van der Waals surface area contributed by atoms with E-state index in [9.17, 15) is 0 Å². The van der Waals surface area contributed by atoms with Crippen LogP contribution in [-0.2, 0) is 4.74 Å². The zero-order valence-electron chi connectivity index (χ0n) is 10.9. The minimum Gasteiger partial charge on any atom is -0.370 e. The van der Waals surface area contributed by atoms with Crippen molar-refractivity contribution in [2.24, 2.45) is 0 Å². The molecule has 0 amide bonds. The molecule has 0 saturated heterocycles. The molecule has 1 heteroatoms. The Hall–Kier alpha value is -0.0400. The smallest absolute Gasteiger partial charge is 0.0605 e. The fraction of sp³-hybridized carbons (Fsp3) is 1.00. The Morgan fingerprint density at radius 2 is 0.786 bits per heavy atom. The van der Waals surface area contributed by atoms with Crippen LogP contribution in [0.15, 0.2) is 0 Å². The summed E-state index contributed by atoms with van der Waals surface area (Å²) in [6.07, 6.45) is 7.50. The molecule has 1 saturated carbocycles. The average Bonchev–Trinajstić information content (AvgIpc) is 2.29. The van der Waals surface area contributed by atoms with Gasteiger partial charge in [0.2, 0.25) is 0 Å². The van der Waals surface area contributed by atoms with Crippen molar-refractivity contribution in [2.75, 3.05) is 0 Å². The summed E-state index contributed by atoms with van der Waals surface area (Å²) in [4.78, 5) is 0. The van der Waals surface area contributed by atoms with Gasteiger partial charge in [-0.05, 0) is 41.5 Å². The Morgan fingerprint density at radius 3 is 0.857 bits per heavy atom. The second-order valence-electron chi connectivity index (χ2n) is 6.09. The van der Waals surface area contributed by atoms with Gasteiger partial charge in [0.05, 0.1) is 11.2 Å². The van der Waals surface area contributed by atoms with Gasteiger partial charge in [0.1, 0.15) is 0 Å². The first-order valence-electron chi connectivity index (χ1n) is 5.91. The lowest BCUT2D eigenvalue weighted by atomic mass is 10.1. The monoisotopic (exact) mass is 200 g/mol. The maximum absolute atomic E-state index is 5.62. The highest BCUT2D eigenvalue weighted by molar-refractivity contribution is 4.68. The first-order chi connectivity index (χ1) is 6.21. The van der Waals surface area contributed by atoms with Crippen LogP contribution in [0.1, 0.15) is 73.6 Å². The van der Waals surface area contributed by atoms with Crippen molar-refractivity contribution in [3.63, 3.8) is 0 Å². The van der Waals surface area contributed by atoms with Crippen LogP contribution in [0.3, 0.4) is 0 Å². The van der Waals surface area contributed by atoms with Crippen molar-refractivity contribution in [3.8, 4) is 0 Å². The first-order valence-corrected chi connectivity index (χ1v) is 5.91. The van der Waals surface area contributed by atoms with Gasteiger partial charge in [0.25, 0.3) is 0 Å². The molecule has 0 unspecified atom stereocenters. The number of ether oxygens (including phenoxy) is 1. The highest BCUT2D eigenvalue weighted by atomic mass is 16.5. The van der Waals surface area contributed by atoms with Crippen molar-refractivity contribution in [2.45, 2.75) is 84.8 Å². The van der Waals surface area contributed by atoms with Gasteiger partial charge >= 0.3 is 0 Å². The molecular formula is C13H28O. The van der Waals surface area contributed by atoms with Crippen LogP contribution in [0.4, 0.5) is 0 Å². The Bertz CT molecular complexity index is 113. The molecule has 0 heterocycles. The number of hydrogen-bond donors (Lipinski definition) is 0. The molecule has 1 fully saturated rings. The molecule has 0 radical (unpaired) electrons. The van der Waals surface area contributed by atoms with Gasteiger partial charge in [-0.15, -0.1) is 0 Å². The van der Waals surface area contributed by atoms with Gasteiger partial charge in [0.15, 0.2) is 0 Å². The summed E-state index contributed by atoms with van der Waals surface area (Å²) >= 11 is 0. The standard InChI is InChI=1S/C8H18O.C5H10/c1-7(2,3)9-8(4,5)6;1-2-4-5-3-1/h1-6H3;1-5H2. The summed E-state index contributed by atoms with van der Waals surface area (Å²) in [5, 5.41) is 0. The molecule has 0 aromatic carbocycles. The third kappa shape index (κ3) is 12.0. The lowest BCUT2D eigenvalue weighted by molar-refractivity contribution is -0.102. The summed E-state index contributed by atoms with van der Waals surface area (Å²) in [7, 11) is 0. The Morgan fingerprint density at radius 1 is 0.571 bits per heavy atom. The zero-order valence-corrected chi connectivity index (χ0v) is 10.9. The van der Waals surface area contributed by atoms with Crippen LogP contribution in [0.2, 0.25) is 0 Å². The quantitative estimate of drug-likeness (QED) is 0.557. The average molecular weight is 200 g/mol. The SMILES string of the molecule is C1CCCC1.CC(C)(C)OC(C)(C)C. The van der Waals surface area contributed by atoms with Crippen LogP contribution < -0.4 is 0 Å². The Kier molecular flexibility index (Phi) is 5.73.